The second kappa shape index (κ2) is 11.1. The first kappa shape index (κ1) is 27.6. The third-order valence-electron chi connectivity index (χ3n) is 8.46. The van der Waals surface area contributed by atoms with Gasteiger partial charge in [-0.3, -0.25) is 24.2 Å². The number of aliphatic imine (C=N–C) groups is 1. The number of nitrogens with zero attached hydrogens (tertiary/aromatic N) is 6. The van der Waals surface area contributed by atoms with Crippen LogP contribution in [0.4, 0.5) is 11.5 Å². The predicted molar refractivity (Wildman–Crippen MR) is 163 cm³/mol. The van der Waals surface area contributed by atoms with Gasteiger partial charge in [0.05, 0.1) is 5.56 Å². The van der Waals surface area contributed by atoms with Gasteiger partial charge in [0.1, 0.15) is 23.0 Å². The maximum absolute atomic E-state index is 13.8. The molecule has 218 valence electrons. The van der Waals surface area contributed by atoms with Gasteiger partial charge >= 0.3 is 0 Å². The summed E-state index contributed by atoms with van der Waals surface area (Å²) >= 11 is 0. The molecule has 0 unspecified atom stereocenters. The quantitative estimate of drug-likeness (QED) is 0.275. The van der Waals surface area contributed by atoms with Crippen LogP contribution < -0.4 is 21.5 Å². The minimum Gasteiger partial charge on any atom is -0.386 e. The van der Waals surface area contributed by atoms with Crippen LogP contribution in [0.5, 0.6) is 0 Å². The molecule has 1 fully saturated rings. The molecule has 3 aromatic heterocycles. The number of nitrogens with one attached hydrogen (secondary N) is 1. The van der Waals surface area contributed by atoms with Gasteiger partial charge in [-0.25, -0.2) is 9.98 Å². The predicted octanol–water partition coefficient (Wildman–Crippen LogP) is 2.57. The molecule has 1 atom stereocenters. The second-order valence-electron chi connectivity index (χ2n) is 11.5. The number of hydrogen-bond acceptors (Lipinski definition) is 7. The molecule has 0 spiro atoms. The maximum atomic E-state index is 13.8. The number of carbonyl (C=O) groups excluding carboxylic acids is 2. The molecule has 3 aromatic rings. The number of fused-ring (bicyclic) bond motifs is 3. The lowest BCUT2D eigenvalue weighted by Crippen LogP contribution is -2.41. The van der Waals surface area contributed by atoms with Crippen molar-refractivity contribution < 1.29 is 9.59 Å². The number of aromatic nitrogens is 3. The summed E-state index contributed by atoms with van der Waals surface area (Å²) in [6.45, 7) is 5.72. The van der Waals surface area contributed by atoms with Crippen molar-refractivity contribution in [1.29, 1.82) is 0 Å². The molecule has 3 aliphatic rings. The Morgan fingerprint density at radius 1 is 1.19 bits per heavy atom. The van der Waals surface area contributed by atoms with E-state index < -0.39 is 0 Å². The van der Waals surface area contributed by atoms with E-state index in [0.29, 0.717) is 48.2 Å². The summed E-state index contributed by atoms with van der Waals surface area (Å²) in [4.78, 5) is 52.0. The van der Waals surface area contributed by atoms with E-state index in [1.165, 1.54) is 15.8 Å². The van der Waals surface area contributed by atoms with Gasteiger partial charge in [-0.05, 0) is 61.6 Å². The van der Waals surface area contributed by atoms with Crippen molar-refractivity contribution in [3.63, 3.8) is 0 Å². The minimum atomic E-state index is -0.319. The van der Waals surface area contributed by atoms with Gasteiger partial charge in [-0.1, -0.05) is 6.92 Å². The minimum absolute atomic E-state index is 0.148. The van der Waals surface area contributed by atoms with Gasteiger partial charge in [0, 0.05) is 75.2 Å². The molecular formula is C31H36N8O3. The lowest BCUT2D eigenvalue weighted by Gasteiger charge is -2.31. The van der Waals surface area contributed by atoms with Crippen molar-refractivity contribution in [2.75, 3.05) is 38.1 Å². The van der Waals surface area contributed by atoms with Crippen LogP contribution in [0.2, 0.25) is 0 Å². The van der Waals surface area contributed by atoms with Crippen molar-refractivity contribution in [2.24, 2.45) is 17.8 Å². The Kier molecular flexibility index (Phi) is 7.28. The lowest BCUT2D eigenvalue weighted by molar-refractivity contribution is 0.0963. The Hall–Kier alpha value is -4.51. The second-order valence-corrected chi connectivity index (χ2v) is 11.5. The molecule has 6 rings (SSSR count). The first-order valence-electron chi connectivity index (χ1n) is 14.4. The molecule has 0 radical (unpaired) electrons. The molecule has 11 heteroatoms. The van der Waals surface area contributed by atoms with Crippen LogP contribution in [0.1, 0.15) is 57.8 Å². The van der Waals surface area contributed by atoms with Crippen molar-refractivity contribution in [3.8, 4) is 11.1 Å². The summed E-state index contributed by atoms with van der Waals surface area (Å²) in [7, 11) is 3.66. The Balaban J connectivity index is 1.36. The Labute approximate surface area is 244 Å². The zero-order valence-electron chi connectivity index (χ0n) is 24.3. The van der Waals surface area contributed by atoms with E-state index in [-0.39, 0.29) is 28.6 Å². The van der Waals surface area contributed by atoms with Gasteiger partial charge < -0.3 is 20.2 Å². The highest BCUT2D eigenvalue weighted by Crippen LogP contribution is 2.37. The molecule has 2 aliphatic heterocycles. The van der Waals surface area contributed by atoms with E-state index in [1.54, 1.807) is 42.6 Å². The van der Waals surface area contributed by atoms with Gasteiger partial charge in [0.2, 0.25) is 0 Å². The van der Waals surface area contributed by atoms with Crippen molar-refractivity contribution in [2.45, 2.75) is 38.6 Å². The number of anilines is 1. The Bertz CT molecular complexity index is 1700. The topological polar surface area (TPSA) is 131 Å². The van der Waals surface area contributed by atoms with E-state index in [9.17, 15) is 14.4 Å². The monoisotopic (exact) mass is 568 g/mol. The van der Waals surface area contributed by atoms with Gasteiger partial charge in [-0.15, -0.1) is 0 Å². The SMILES string of the molecule is C[C@H]1CCCc2cc3n(c21)CCN(c1nccc(-c2cc(N=C(N)/C=C4/CN(C)CCN4)c(=O)n(C)c2)c1C=O)C3=O. The van der Waals surface area contributed by atoms with E-state index in [0.717, 1.165) is 44.3 Å². The standard InChI is InChI=1S/C31H36N8O3/c1-19-5-4-6-20-14-26-31(42)39(12-11-38(26)28(19)20)29-24(18-40)23(7-8-34-29)21-13-25(30(41)37(3)16-21)35-27(32)15-22-17-36(2)10-9-33-22/h7-8,13-16,18-19,33H,4-6,9-12,17H2,1-3H3,(H2,32,35)/b22-15-/t19-/m0/s1. The van der Waals surface area contributed by atoms with Crippen LogP contribution >= 0.6 is 0 Å². The van der Waals surface area contributed by atoms with E-state index in [1.807, 2.05) is 13.1 Å². The molecule has 1 saturated heterocycles. The zero-order chi connectivity index (χ0) is 29.5. The molecule has 1 amide bonds. The number of aryl methyl sites for hydroxylation is 2. The zero-order valence-corrected chi connectivity index (χ0v) is 24.3. The molecule has 11 nitrogen and oxygen atoms in total. The normalized spacial score (nSPS) is 20.3. The first-order valence-corrected chi connectivity index (χ1v) is 14.4. The van der Waals surface area contributed by atoms with Gasteiger partial charge in [0.15, 0.2) is 6.29 Å². The largest absolute Gasteiger partial charge is 0.386 e. The average Bonchev–Trinajstić information content (AvgIpc) is 3.36. The van der Waals surface area contributed by atoms with Crippen LogP contribution in [-0.2, 0) is 20.0 Å². The molecule has 0 bridgehead atoms. The van der Waals surface area contributed by atoms with Crippen molar-refractivity contribution >= 4 is 29.5 Å². The fraction of sp³-hybridized carbons (Fsp3) is 0.387. The number of aldehydes is 1. The number of hydrogen-bond donors (Lipinski definition) is 2. The van der Waals surface area contributed by atoms with E-state index in [2.05, 4.69) is 31.7 Å². The molecule has 0 aromatic carbocycles. The molecule has 5 heterocycles. The van der Waals surface area contributed by atoms with E-state index >= 15 is 0 Å². The fourth-order valence-electron chi connectivity index (χ4n) is 6.44. The third-order valence-corrected chi connectivity index (χ3v) is 8.46. The number of piperazine rings is 1. The van der Waals surface area contributed by atoms with Gasteiger partial charge in [-0.2, -0.15) is 0 Å². The highest BCUT2D eigenvalue weighted by molar-refractivity contribution is 6.09. The summed E-state index contributed by atoms with van der Waals surface area (Å²) in [5.41, 5.74) is 11.6. The summed E-state index contributed by atoms with van der Waals surface area (Å²) in [6.07, 6.45) is 8.92. The first-order chi connectivity index (χ1) is 20.2. The maximum Gasteiger partial charge on any atom is 0.276 e. The van der Waals surface area contributed by atoms with Gasteiger partial charge in [0.25, 0.3) is 11.5 Å². The number of amides is 1. The summed E-state index contributed by atoms with van der Waals surface area (Å²) in [5, 5.41) is 3.30. The molecule has 1 aliphatic carbocycles. The number of likely N-dealkylation sites (N-methyl/N-ethyl adjacent to an activating group) is 1. The van der Waals surface area contributed by atoms with Crippen LogP contribution in [0.3, 0.4) is 0 Å². The van der Waals surface area contributed by atoms with Crippen molar-refractivity contribution in [1.82, 2.24) is 24.3 Å². The average molecular weight is 569 g/mol. The summed E-state index contributed by atoms with van der Waals surface area (Å²) < 4.78 is 3.57. The summed E-state index contributed by atoms with van der Waals surface area (Å²) in [6, 6.07) is 5.35. The lowest BCUT2D eigenvalue weighted by atomic mass is 9.89. The molecule has 3 N–H and O–H groups in total. The molecule has 42 heavy (non-hydrogen) atoms. The Morgan fingerprint density at radius 3 is 2.81 bits per heavy atom. The number of pyridine rings is 2. The Morgan fingerprint density at radius 2 is 2.02 bits per heavy atom. The smallest absolute Gasteiger partial charge is 0.276 e. The molecular weight excluding hydrogens is 532 g/mol. The van der Waals surface area contributed by atoms with Crippen LogP contribution in [0.15, 0.2) is 52.2 Å². The van der Waals surface area contributed by atoms with Crippen LogP contribution in [0.25, 0.3) is 11.1 Å². The highest BCUT2D eigenvalue weighted by atomic mass is 16.2. The van der Waals surface area contributed by atoms with E-state index in [4.69, 9.17) is 5.73 Å². The highest BCUT2D eigenvalue weighted by Gasteiger charge is 2.34. The number of carbonyl (C=O) groups is 2. The molecule has 0 saturated carbocycles. The summed E-state index contributed by atoms with van der Waals surface area (Å²) in [5.74, 6) is 0.763. The van der Waals surface area contributed by atoms with Crippen molar-refractivity contribution in [3.05, 3.63) is 75.2 Å². The van der Waals surface area contributed by atoms with Crippen LogP contribution in [-0.4, -0.2) is 70.3 Å². The third kappa shape index (κ3) is 4.94. The van der Waals surface area contributed by atoms with Crippen LogP contribution in [0, 0.1) is 0 Å². The number of amidine groups is 1. The number of rotatable bonds is 5. The fourth-order valence-corrected chi connectivity index (χ4v) is 6.44. The number of nitrogens with two attached hydrogens (primary N) is 1.